The first-order valence-corrected chi connectivity index (χ1v) is 11.4. The number of halogens is 1. The number of thioether (sulfide) groups is 1. The number of carbonyl (C=O) groups excluding carboxylic acids is 1. The molecule has 0 radical (unpaired) electrons. The predicted octanol–water partition coefficient (Wildman–Crippen LogP) is 4.55. The van der Waals surface area contributed by atoms with Crippen LogP contribution in [0.1, 0.15) is 5.56 Å². The minimum Gasteiger partial charge on any atom is -0.351 e. The molecule has 0 spiro atoms. The number of hydrogen-bond acceptors (Lipinski definition) is 6. The molecule has 3 aromatic heterocycles. The molecule has 0 bridgehead atoms. The van der Waals surface area contributed by atoms with E-state index in [0.29, 0.717) is 22.2 Å². The molecule has 0 aliphatic heterocycles. The lowest BCUT2D eigenvalue weighted by Gasteiger charge is -2.07. The molecule has 31 heavy (non-hydrogen) atoms. The Bertz CT molecular complexity index is 1380. The summed E-state index contributed by atoms with van der Waals surface area (Å²) >= 11 is 2.86. The summed E-state index contributed by atoms with van der Waals surface area (Å²) in [6.45, 7) is 0.267. The second-order valence-corrected chi connectivity index (χ2v) is 8.65. The van der Waals surface area contributed by atoms with Gasteiger partial charge in [-0.05, 0) is 41.3 Å². The molecule has 5 rings (SSSR count). The van der Waals surface area contributed by atoms with Gasteiger partial charge in [0.05, 0.1) is 16.1 Å². The molecule has 0 atom stereocenters. The van der Waals surface area contributed by atoms with Crippen LogP contribution in [-0.2, 0) is 11.3 Å². The molecule has 5 aromatic rings. The van der Waals surface area contributed by atoms with Crippen LogP contribution < -0.4 is 5.32 Å². The zero-order chi connectivity index (χ0) is 21.2. The van der Waals surface area contributed by atoms with Crippen molar-refractivity contribution in [1.29, 1.82) is 0 Å². The van der Waals surface area contributed by atoms with E-state index < -0.39 is 0 Å². The maximum absolute atomic E-state index is 13.3. The van der Waals surface area contributed by atoms with Crippen LogP contribution in [0.25, 0.3) is 27.3 Å². The first-order chi connectivity index (χ1) is 15.2. The monoisotopic (exact) mass is 449 g/mol. The zero-order valence-electron chi connectivity index (χ0n) is 16.2. The van der Waals surface area contributed by atoms with Crippen molar-refractivity contribution in [3.8, 4) is 10.7 Å². The molecule has 0 aliphatic rings. The van der Waals surface area contributed by atoms with Crippen LogP contribution in [0.3, 0.4) is 0 Å². The summed E-state index contributed by atoms with van der Waals surface area (Å²) in [5.41, 5.74) is 2.21. The summed E-state index contributed by atoms with van der Waals surface area (Å²) < 4.78 is 15.0. The molecule has 0 aliphatic carbocycles. The molecule has 0 unspecified atom stereocenters. The number of thiophene rings is 1. The third-order valence-electron chi connectivity index (χ3n) is 4.60. The third kappa shape index (κ3) is 4.14. The van der Waals surface area contributed by atoms with Crippen molar-refractivity contribution in [2.45, 2.75) is 11.7 Å². The Labute approximate surface area is 185 Å². The van der Waals surface area contributed by atoms with E-state index in [1.54, 1.807) is 28.0 Å². The maximum Gasteiger partial charge on any atom is 0.230 e. The average molecular weight is 450 g/mol. The van der Waals surface area contributed by atoms with Crippen molar-refractivity contribution in [1.82, 2.24) is 24.9 Å². The van der Waals surface area contributed by atoms with Crippen molar-refractivity contribution in [2.24, 2.45) is 0 Å². The summed E-state index contributed by atoms with van der Waals surface area (Å²) in [4.78, 5) is 22.8. The molecule has 1 amide bonds. The highest BCUT2D eigenvalue weighted by molar-refractivity contribution is 7.99. The normalized spacial score (nSPS) is 11.3. The van der Waals surface area contributed by atoms with E-state index in [2.05, 4.69) is 10.4 Å². The summed E-state index contributed by atoms with van der Waals surface area (Å²) in [5, 5.41) is 10.9. The molecule has 3 heterocycles. The number of para-hydroxylation sites is 1. The molecule has 0 saturated heterocycles. The van der Waals surface area contributed by atoms with Crippen molar-refractivity contribution in [3.63, 3.8) is 0 Å². The second-order valence-electron chi connectivity index (χ2n) is 6.75. The Kier molecular flexibility index (Phi) is 5.35. The number of nitrogens with zero attached hydrogens (tertiary/aromatic N) is 4. The first-order valence-electron chi connectivity index (χ1n) is 9.51. The highest BCUT2D eigenvalue weighted by Gasteiger charge is 2.16. The number of nitrogens with one attached hydrogen (secondary N) is 1. The molecule has 6 nitrogen and oxygen atoms in total. The van der Waals surface area contributed by atoms with E-state index >= 15 is 0 Å². The maximum atomic E-state index is 13.3. The number of fused-ring (bicyclic) bond motifs is 3. The van der Waals surface area contributed by atoms with Gasteiger partial charge in [0, 0.05) is 11.9 Å². The van der Waals surface area contributed by atoms with E-state index in [-0.39, 0.29) is 24.0 Å². The lowest BCUT2D eigenvalue weighted by atomic mass is 10.2. The van der Waals surface area contributed by atoms with Crippen molar-refractivity contribution in [3.05, 3.63) is 77.4 Å². The lowest BCUT2D eigenvalue weighted by molar-refractivity contribution is -0.118. The fourth-order valence-corrected chi connectivity index (χ4v) is 4.59. The lowest BCUT2D eigenvalue weighted by Crippen LogP contribution is -2.24. The van der Waals surface area contributed by atoms with E-state index in [9.17, 15) is 9.18 Å². The van der Waals surface area contributed by atoms with Gasteiger partial charge in [-0.15, -0.1) is 16.4 Å². The third-order valence-corrected chi connectivity index (χ3v) is 6.40. The van der Waals surface area contributed by atoms with Crippen molar-refractivity contribution in [2.75, 3.05) is 5.75 Å². The minimum absolute atomic E-state index is 0.157. The van der Waals surface area contributed by atoms with Gasteiger partial charge >= 0.3 is 0 Å². The smallest absolute Gasteiger partial charge is 0.230 e. The van der Waals surface area contributed by atoms with Gasteiger partial charge in [-0.2, -0.15) is 4.52 Å². The van der Waals surface area contributed by atoms with Gasteiger partial charge < -0.3 is 5.32 Å². The minimum atomic E-state index is -0.323. The van der Waals surface area contributed by atoms with Gasteiger partial charge in [-0.1, -0.05) is 42.1 Å². The molecule has 0 fully saturated rings. The molecule has 0 saturated carbocycles. The van der Waals surface area contributed by atoms with Crippen LogP contribution in [0, 0.1) is 5.82 Å². The molecular weight excluding hydrogens is 433 g/mol. The summed E-state index contributed by atoms with van der Waals surface area (Å²) in [5.74, 6) is 0.294. The van der Waals surface area contributed by atoms with E-state index in [4.69, 9.17) is 9.97 Å². The average Bonchev–Trinajstić information content (AvgIpc) is 3.46. The van der Waals surface area contributed by atoms with Crippen LogP contribution in [0.4, 0.5) is 4.39 Å². The Balaban J connectivity index is 1.40. The van der Waals surface area contributed by atoms with Gasteiger partial charge in [-0.3, -0.25) is 4.79 Å². The Morgan fingerprint density at radius 1 is 1.10 bits per heavy atom. The van der Waals surface area contributed by atoms with E-state index in [1.807, 2.05) is 41.8 Å². The largest absolute Gasteiger partial charge is 0.351 e. The number of carbonyl (C=O) groups is 1. The van der Waals surface area contributed by atoms with Crippen LogP contribution in [0.2, 0.25) is 0 Å². The Morgan fingerprint density at radius 2 is 2.00 bits per heavy atom. The summed E-state index contributed by atoms with van der Waals surface area (Å²) in [6, 6.07) is 17.8. The molecule has 154 valence electrons. The van der Waals surface area contributed by atoms with Gasteiger partial charge in [0.15, 0.2) is 16.6 Å². The Hall–Kier alpha value is -3.30. The Morgan fingerprint density at radius 3 is 2.84 bits per heavy atom. The van der Waals surface area contributed by atoms with Gasteiger partial charge in [-0.25, -0.2) is 14.4 Å². The molecular formula is C22H16FN5OS2. The SMILES string of the molecule is O=C(CSc1nc2ccccc2c2nc(-c3cccs3)nn12)NCc1cccc(F)c1. The predicted molar refractivity (Wildman–Crippen MR) is 121 cm³/mol. The van der Waals surface area contributed by atoms with Crippen LogP contribution in [0.5, 0.6) is 0 Å². The number of amides is 1. The summed E-state index contributed by atoms with van der Waals surface area (Å²) in [7, 11) is 0. The zero-order valence-corrected chi connectivity index (χ0v) is 17.8. The first kappa shape index (κ1) is 19.7. The summed E-state index contributed by atoms with van der Waals surface area (Å²) in [6.07, 6.45) is 0. The van der Waals surface area contributed by atoms with Gasteiger partial charge in [0.2, 0.25) is 5.91 Å². The number of benzene rings is 2. The number of aromatic nitrogens is 4. The molecule has 9 heteroatoms. The number of hydrogen-bond donors (Lipinski definition) is 1. The fourth-order valence-electron chi connectivity index (χ4n) is 3.16. The van der Waals surface area contributed by atoms with E-state index in [1.165, 1.54) is 23.9 Å². The van der Waals surface area contributed by atoms with E-state index in [0.717, 1.165) is 15.8 Å². The van der Waals surface area contributed by atoms with Gasteiger partial charge in [0.1, 0.15) is 5.82 Å². The van der Waals surface area contributed by atoms with Crippen molar-refractivity contribution < 1.29 is 9.18 Å². The standard InChI is InChI=1S/C22H16FN5OS2/c23-15-6-3-5-14(11-15)12-24-19(29)13-31-22-25-17-8-2-1-7-16(17)21-26-20(27-28(21)22)18-9-4-10-30-18/h1-11H,12-13H2,(H,24,29). The van der Waals surface area contributed by atoms with Crippen molar-refractivity contribution >= 4 is 45.6 Å². The van der Waals surface area contributed by atoms with Crippen LogP contribution in [-0.4, -0.2) is 31.2 Å². The topological polar surface area (TPSA) is 72.2 Å². The van der Waals surface area contributed by atoms with Crippen LogP contribution >= 0.6 is 23.1 Å². The highest BCUT2D eigenvalue weighted by Crippen LogP contribution is 2.28. The molecule has 2 aromatic carbocycles. The number of rotatable bonds is 6. The van der Waals surface area contributed by atoms with Gasteiger partial charge in [0.25, 0.3) is 0 Å². The van der Waals surface area contributed by atoms with Crippen LogP contribution in [0.15, 0.2) is 71.2 Å². The second kappa shape index (κ2) is 8.44. The highest BCUT2D eigenvalue weighted by atomic mass is 32.2. The quantitative estimate of drug-likeness (QED) is 0.304. The fraction of sp³-hybridized carbons (Fsp3) is 0.0909. The molecule has 1 N–H and O–H groups in total.